The molecule has 0 spiro atoms. The van der Waals surface area contributed by atoms with Crippen LogP contribution >= 0.6 is 0 Å². The molecule has 4 unspecified atom stereocenters. The first-order chi connectivity index (χ1) is 12.7. The van der Waals surface area contributed by atoms with Gasteiger partial charge in [0.2, 0.25) is 10.0 Å². The van der Waals surface area contributed by atoms with E-state index in [1.165, 1.54) is 6.92 Å². The number of hydrogen-bond acceptors (Lipinski definition) is 7. The fourth-order valence-electron chi connectivity index (χ4n) is 2.01. The zero-order chi connectivity index (χ0) is 20.9. The van der Waals surface area contributed by atoms with Crippen molar-refractivity contribution >= 4 is 16.3 Å². The lowest BCUT2D eigenvalue weighted by Gasteiger charge is -2.21. The van der Waals surface area contributed by atoms with Crippen LogP contribution in [0.5, 0.6) is 0 Å². The molecule has 0 aliphatic rings. The Balaban J connectivity index is 0.000000541. The van der Waals surface area contributed by atoms with Crippen LogP contribution in [0.25, 0.3) is 0 Å². The molecule has 5 N–H and O–H groups in total. The Labute approximate surface area is 160 Å². The average molecular weight is 406 g/mol. The summed E-state index contributed by atoms with van der Waals surface area (Å²) in [6.07, 6.45) is -1.58. The number of carbonyl (C=O) groups is 1. The van der Waals surface area contributed by atoms with Gasteiger partial charge in [0.25, 0.3) is 0 Å². The maximum atomic E-state index is 11.8. The van der Waals surface area contributed by atoms with Crippen molar-refractivity contribution in [3.8, 4) is 0 Å². The minimum atomic E-state index is -3.30. The molecule has 8 nitrogen and oxygen atoms in total. The molecule has 0 saturated heterocycles. The largest absolute Gasteiger partial charge is 0.391 e. The number of aldehydes is 1. The molecule has 0 aliphatic carbocycles. The standard InChI is InChI=1S/C12H19NO2S.C6H12O5/c1-2-3-4-8-11-13-16(14,15)12-9-6-5-7-10-12;1-3(8)5(10)6(11)4(9)2-7/h5-7,9-10,13H,2-4,8,11H2,1H3;2-6,8-11H,1H3. The van der Waals surface area contributed by atoms with Gasteiger partial charge in [-0.1, -0.05) is 44.4 Å². The van der Waals surface area contributed by atoms with E-state index in [0.29, 0.717) is 11.4 Å². The second-order valence-electron chi connectivity index (χ2n) is 6.12. The minimum Gasteiger partial charge on any atom is -0.391 e. The number of unbranched alkanes of at least 4 members (excludes halogenated alkanes) is 3. The molecule has 9 heteroatoms. The number of hydrogen-bond donors (Lipinski definition) is 5. The lowest BCUT2D eigenvalue weighted by Crippen LogP contribution is -2.43. The van der Waals surface area contributed by atoms with Crippen molar-refractivity contribution in [2.24, 2.45) is 0 Å². The van der Waals surface area contributed by atoms with Gasteiger partial charge in [0.15, 0.2) is 6.29 Å². The Morgan fingerprint density at radius 2 is 1.59 bits per heavy atom. The Kier molecular flexibility index (Phi) is 13.1. The second-order valence-corrected chi connectivity index (χ2v) is 7.89. The van der Waals surface area contributed by atoms with E-state index in [1.807, 2.05) is 0 Å². The number of carbonyl (C=O) groups excluding carboxylic acids is 1. The molecule has 0 fully saturated rings. The van der Waals surface area contributed by atoms with Gasteiger partial charge in [0, 0.05) is 6.54 Å². The van der Waals surface area contributed by atoms with E-state index in [-0.39, 0.29) is 6.29 Å². The number of sulfonamides is 1. The molecule has 1 aromatic carbocycles. The quantitative estimate of drug-likeness (QED) is 0.261. The number of aliphatic hydroxyl groups is 4. The van der Waals surface area contributed by atoms with Gasteiger partial charge in [-0.05, 0) is 25.5 Å². The normalized spacial score (nSPS) is 15.8. The molecule has 0 radical (unpaired) electrons. The highest BCUT2D eigenvalue weighted by atomic mass is 32.2. The monoisotopic (exact) mass is 405 g/mol. The van der Waals surface area contributed by atoms with E-state index in [1.54, 1.807) is 30.3 Å². The third kappa shape index (κ3) is 10.5. The first-order valence-electron chi connectivity index (χ1n) is 8.89. The molecule has 1 aromatic rings. The van der Waals surface area contributed by atoms with Crippen LogP contribution in [0.2, 0.25) is 0 Å². The van der Waals surface area contributed by atoms with E-state index in [2.05, 4.69) is 11.6 Å². The minimum absolute atomic E-state index is 0.0935. The number of benzene rings is 1. The highest BCUT2D eigenvalue weighted by Crippen LogP contribution is 2.07. The van der Waals surface area contributed by atoms with E-state index >= 15 is 0 Å². The van der Waals surface area contributed by atoms with Gasteiger partial charge >= 0.3 is 0 Å². The Morgan fingerprint density at radius 1 is 1.00 bits per heavy atom. The van der Waals surface area contributed by atoms with Crippen LogP contribution in [-0.4, -0.2) is 66.1 Å². The van der Waals surface area contributed by atoms with Crippen LogP contribution < -0.4 is 4.72 Å². The van der Waals surface area contributed by atoms with Crippen LogP contribution in [0, 0.1) is 0 Å². The van der Waals surface area contributed by atoms with Gasteiger partial charge in [-0.15, -0.1) is 0 Å². The fourth-order valence-corrected chi connectivity index (χ4v) is 3.10. The summed E-state index contributed by atoms with van der Waals surface area (Å²) < 4.78 is 26.1. The van der Waals surface area contributed by atoms with Crippen molar-refractivity contribution in [2.75, 3.05) is 6.54 Å². The topological polar surface area (TPSA) is 144 Å². The summed E-state index contributed by atoms with van der Waals surface area (Å²) in [6, 6.07) is 8.47. The zero-order valence-electron chi connectivity index (χ0n) is 15.7. The molecule has 4 atom stereocenters. The van der Waals surface area contributed by atoms with Crippen LogP contribution in [0.4, 0.5) is 0 Å². The average Bonchev–Trinajstić information content (AvgIpc) is 2.67. The zero-order valence-corrected chi connectivity index (χ0v) is 16.5. The third-order valence-corrected chi connectivity index (χ3v) is 5.19. The van der Waals surface area contributed by atoms with Crippen molar-refractivity contribution in [1.82, 2.24) is 4.72 Å². The summed E-state index contributed by atoms with van der Waals surface area (Å²) in [4.78, 5) is 10.2. The maximum Gasteiger partial charge on any atom is 0.240 e. The molecule has 0 heterocycles. The van der Waals surface area contributed by atoms with Crippen LogP contribution in [0.15, 0.2) is 35.2 Å². The molecule has 27 heavy (non-hydrogen) atoms. The summed E-state index contributed by atoms with van der Waals surface area (Å²) in [5.74, 6) is 0. The van der Waals surface area contributed by atoms with Crippen LogP contribution in [-0.2, 0) is 14.8 Å². The van der Waals surface area contributed by atoms with Gasteiger partial charge in [-0.3, -0.25) is 0 Å². The maximum absolute atomic E-state index is 11.8. The lowest BCUT2D eigenvalue weighted by molar-refractivity contribution is -0.132. The first kappa shape index (κ1) is 25.6. The van der Waals surface area contributed by atoms with E-state index < -0.39 is 34.4 Å². The summed E-state index contributed by atoms with van der Waals surface area (Å²) >= 11 is 0. The van der Waals surface area contributed by atoms with Crippen molar-refractivity contribution in [3.05, 3.63) is 30.3 Å². The SMILES string of the molecule is CC(O)C(O)C(O)C(O)C=O.CCCCCCNS(=O)(=O)c1ccccc1. The molecule has 156 valence electrons. The first-order valence-corrected chi connectivity index (χ1v) is 10.4. The predicted molar refractivity (Wildman–Crippen MR) is 102 cm³/mol. The molecule has 0 bridgehead atoms. The van der Waals surface area contributed by atoms with Crippen LogP contribution in [0.1, 0.15) is 39.5 Å². The lowest BCUT2D eigenvalue weighted by atomic mass is 10.1. The van der Waals surface area contributed by atoms with Gasteiger partial charge < -0.3 is 25.2 Å². The van der Waals surface area contributed by atoms with Crippen LogP contribution in [0.3, 0.4) is 0 Å². The smallest absolute Gasteiger partial charge is 0.240 e. The molecule has 0 aromatic heterocycles. The Hall–Kier alpha value is -1.36. The highest BCUT2D eigenvalue weighted by molar-refractivity contribution is 7.89. The highest BCUT2D eigenvalue weighted by Gasteiger charge is 2.27. The molecular weight excluding hydrogens is 374 g/mol. The van der Waals surface area contributed by atoms with Crippen molar-refractivity contribution < 1.29 is 33.6 Å². The molecular formula is C18H31NO7S. The van der Waals surface area contributed by atoms with E-state index in [0.717, 1.165) is 25.7 Å². The van der Waals surface area contributed by atoms with E-state index in [4.69, 9.17) is 20.4 Å². The van der Waals surface area contributed by atoms with Crippen molar-refractivity contribution in [3.63, 3.8) is 0 Å². The third-order valence-electron chi connectivity index (χ3n) is 3.71. The summed E-state index contributed by atoms with van der Waals surface area (Å²) in [6.45, 7) is 3.90. The van der Waals surface area contributed by atoms with Gasteiger partial charge in [-0.25, -0.2) is 13.1 Å². The fraction of sp³-hybridized carbons (Fsp3) is 0.611. The summed E-state index contributed by atoms with van der Waals surface area (Å²) in [7, 11) is -3.30. The Bertz CT molecular complexity index is 607. The number of aliphatic hydroxyl groups excluding tert-OH is 4. The second kappa shape index (κ2) is 13.8. The molecule has 1 rings (SSSR count). The van der Waals surface area contributed by atoms with Crippen molar-refractivity contribution in [1.29, 1.82) is 0 Å². The van der Waals surface area contributed by atoms with Gasteiger partial charge in [-0.2, -0.15) is 0 Å². The van der Waals surface area contributed by atoms with Crippen molar-refractivity contribution in [2.45, 2.75) is 68.8 Å². The van der Waals surface area contributed by atoms with E-state index in [9.17, 15) is 13.2 Å². The molecule has 0 aliphatic heterocycles. The predicted octanol–water partition coefficient (Wildman–Crippen LogP) is 0.194. The van der Waals surface area contributed by atoms with Gasteiger partial charge in [0.1, 0.15) is 18.3 Å². The molecule has 0 amide bonds. The number of rotatable bonds is 11. The summed E-state index contributed by atoms with van der Waals surface area (Å²) in [5, 5.41) is 35.1. The Morgan fingerprint density at radius 3 is 2.07 bits per heavy atom. The molecule has 0 saturated carbocycles. The van der Waals surface area contributed by atoms with Gasteiger partial charge in [0.05, 0.1) is 11.0 Å². The summed E-state index contributed by atoms with van der Waals surface area (Å²) in [5.41, 5.74) is 0. The number of nitrogens with one attached hydrogen (secondary N) is 1.